The molecule has 0 aliphatic rings. The Hall–Kier alpha value is -9.50. The highest BCUT2D eigenvalue weighted by Crippen LogP contribution is 2.53. The van der Waals surface area contributed by atoms with Gasteiger partial charge in [-0.25, -0.2) is 0 Å². The van der Waals surface area contributed by atoms with Crippen molar-refractivity contribution in [2.24, 2.45) is 0 Å². The molecule has 17 aromatic rings. The highest BCUT2D eigenvalue weighted by atomic mass is 14.9. The van der Waals surface area contributed by atoms with Crippen LogP contribution in [0.15, 0.2) is 243 Å². The van der Waals surface area contributed by atoms with Gasteiger partial charge in [0.05, 0.1) is 33.1 Å². The number of hydrogen-bond donors (Lipinski definition) is 0. The lowest BCUT2D eigenvalue weighted by atomic mass is 9.81. The van der Waals surface area contributed by atoms with Gasteiger partial charge in [0, 0.05) is 43.1 Å². The van der Waals surface area contributed by atoms with Crippen molar-refractivity contribution in [1.82, 2.24) is 8.80 Å². The van der Waals surface area contributed by atoms with Gasteiger partial charge in [-0.05, 0) is 118 Å². The maximum absolute atomic E-state index is 2.54. The second-order valence-electron chi connectivity index (χ2n) is 19.8. The van der Waals surface area contributed by atoms with Crippen molar-refractivity contribution in [1.29, 1.82) is 0 Å². The van der Waals surface area contributed by atoms with Crippen molar-refractivity contribution < 1.29 is 0 Å². The SMILES string of the molecule is c1ccc(-c2c3ccccc3c(-c3c4cccc(-c5ccc6c7ccccc7n7c8ccccc8c5c67)c4cc4c(-c5ccc6c7ccccc7n7c8ccccc8c5c67)cccc34)c3ccccc23)cc1. The third-order valence-electron chi connectivity index (χ3n) is 16.4. The smallest absolute Gasteiger partial charge is 0.0626 e. The van der Waals surface area contributed by atoms with Gasteiger partial charge in [-0.1, -0.05) is 212 Å². The first kappa shape index (κ1) is 38.4. The Morgan fingerprint density at radius 2 is 0.528 bits per heavy atom. The Morgan fingerprint density at radius 3 is 0.972 bits per heavy atom. The average Bonchev–Trinajstić information content (AvgIpc) is 4.19. The van der Waals surface area contributed by atoms with Crippen molar-refractivity contribution in [3.8, 4) is 44.5 Å². The molecule has 72 heavy (non-hydrogen) atoms. The van der Waals surface area contributed by atoms with E-state index in [4.69, 9.17) is 0 Å². The largest absolute Gasteiger partial charge is 0.308 e. The molecule has 0 aliphatic carbocycles. The molecule has 4 heterocycles. The Morgan fingerprint density at radius 1 is 0.194 bits per heavy atom. The summed E-state index contributed by atoms with van der Waals surface area (Å²) in [5, 5.41) is 20.2. The van der Waals surface area contributed by atoms with Gasteiger partial charge >= 0.3 is 0 Å². The van der Waals surface area contributed by atoms with E-state index in [9.17, 15) is 0 Å². The van der Waals surface area contributed by atoms with Crippen LogP contribution in [-0.2, 0) is 0 Å². The molecule has 2 heteroatoms. The molecule has 17 rings (SSSR count). The summed E-state index contributed by atoms with van der Waals surface area (Å²) < 4.78 is 5.01. The summed E-state index contributed by atoms with van der Waals surface area (Å²) in [6, 6.07) is 91.2. The number of rotatable bonds is 4. The summed E-state index contributed by atoms with van der Waals surface area (Å²) in [4.78, 5) is 0. The molecule has 330 valence electrons. The van der Waals surface area contributed by atoms with E-state index in [-0.39, 0.29) is 0 Å². The van der Waals surface area contributed by atoms with Crippen LogP contribution < -0.4 is 0 Å². The minimum Gasteiger partial charge on any atom is -0.308 e. The highest BCUT2D eigenvalue weighted by molar-refractivity contribution is 6.33. The standard InChI is InChI=1S/C70H40N2/c1-2-18-41(19-3-1)64-46-22-4-6-24-48(46)65(49-25-7-5-23-47(49)64)66-50-30-16-28-42(52-36-38-54-44-20-8-12-32-60(44)71-62-34-14-10-26-56(62)67(52)69(54)71)58(50)40-59-43(29-17-31-51(59)66)53-37-39-55-45-21-9-13-33-61(45)72-63-35-15-11-27-57(63)68(53)70(55)72/h1-40H. The van der Waals surface area contributed by atoms with Gasteiger partial charge in [-0.15, -0.1) is 0 Å². The predicted octanol–water partition coefficient (Wildman–Crippen LogP) is 19.3. The number of aromatic nitrogens is 2. The van der Waals surface area contributed by atoms with E-state index >= 15 is 0 Å². The van der Waals surface area contributed by atoms with Crippen molar-refractivity contribution in [2.45, 2.75) is 0 Å². The maximum atomic E-state index is 2.54. The van der Waals surface area contributed by atoms with Crippen LogP contribution in [0.25, 0.3) is 164 Å². The molecule has 0 fully saturated rings. The molecular weight excluding hydrogens is 869 g/mol. The van der Waals surface area contributed by atoms with Gasteiger partial charge in [0.1, 0.15) is 0 Å². The molecule has 0 radical (unpaired) electrons. The molecule has 0 saturated carbocycles. The van der Waals surface area contributed by atoms with Crippen LogP contribution in [0.5, 0.6) is 0 Å². The lowest BCUT2D eigenvalue weighted by molar-refractivity contribution is 1.37. The van der Waals surface area contributed by atoms with E-state index in [0.717, 1.165) is 0 Å². The van der Waals surface area contributed by atoms with E-state index in [1.165, 1.54) is 164 Å². The molecule has 2 nitrogen and oxygen atoms in total. The first-order valence-electron chi connectivity index (χ1n) is 25.1. The van der Waals surface area contributed by atoms with Crippen LogP contribution in [0.2, 0.25) is 0 Å². The predicted molar refractivity (Wildman–Crippen MR) is 308 cm³/mol. The van der Waals surface area contributed by atoms with Crippen LogP contribution in [0, 0.1) is 0 Å². The van der Waals surface area contributed by atoms with Gasteiger partial charge in [0.2, 0.25) is 0 Å². The first-order valence-corrected chi connectivity index (χ1v) is 25.1. The number of para-hydroxylation sites is 4. The zero-order chi connectivity index (χ0) is 46.8. The Bertz CT molecular complexity index is 4850. The van der Waals surface area contributed by atoms with Crippen molar-refractivity contribution >= 4 is 119 Å². The molecule has 13 aromatic carbocycles. The van der Waals surface area contributed by atoms with Crippen LogP contribution >= 0.6 is 0 Å². The molecule has 0 atom stereocenters. The van der Waals surface area contributed by atoms with Crippen molar-refractivity contribution in [3.05, 3.63) is 243 Å². The van der Waals surface area contributed by atoms with E-state index in [0.29, 0.717) is 0 Å². The van der Waals surface area contributed by atoms with Crippen molar-refractivity contribution in [2.75, 3.05) is 0 Å². The monoisotopic (exact) mass is 908 g/mol. The third kappa shape index (κ3) is 4.83. The quantitative estimate of drug-likeness (QED) is 0.156. The van der Waals surface area contributed by atoms with Crippen LogP contribution in [0.4, 0.5) is 0 Å². The zero-order valence-corrected chi connectivity index (χ0v) is 39.0. The molecule has 0 amide bonds. The number of nitrogens with zero attached hydrogens (tertiary/aromatic N) is 2. The molecule has 0 N–H and O–H groups in total. The first-order chi connectivity index (χ1) is 35.8. The molecular formula is C70H40N2. The van der Waals surface area contributed by atoms with Gasteiger partial charge < -0.3 is 8.80 Å². The Labute approximate surface area is 413 Å². The van der Waals surface area contributed by atoms with E-state index in [1.54, 1.807) is 0 Å². The lowest BCUT2D eigenvalue weighted by Gasteiger charge is -2.22. The maximum Gasteiger partial charge on any atom is 0.0626 e. The van der Waals surface area contributed by atoms with E-state index in [2.05, 4.69) is 251 Å². The second-order valence-corrected chi connectivity index (χ2v) is 19.8. The summed E-state index contributed by atoms with van der Waals surface area (Å²) in [6.07, 6.45) is 0. The molecule has 0 unspecified atom stereocenters. The number of hydrogen-bond acceptors (Lipinski definition) is 0. The third-order valence-corrected chi connectivity index (χ3v) is 16.4. The molecule has 0 bridgehead atoms. The fourth-order valence-electron chi connectivity index (χ4n) is 13.6. The summed E-state index contributed by atoms with van der Waals surface area (Å²) in [6.45, 7) is 0. The minimum absolute atomic E-state index is 1.22. The fraction of sp³-hybridized carbons (Fsp3) is 0. The minimum atomic E-state index is 1.22. The van der Waals surface area contributed by atoms with E-state index in [1.807, 2.05) is 0 Å². The van der Waals surface area contributed by atoms with Gasteiger partial charge in [0.15, 0.2) is 0 Å². The zero-order valence-electron chi connectivity index (χ0n) is 39.0. The Kier molecular flexibility index (Phi) is 7.49. The lowest BCUT2D eigenvalue weighted by Crippen LogP contribution is -1.94. The molecule has 0 spiro atoms. The average molecular weight is 909 g/mol. The highest BCUT2D eigenvalue weighted by Gasteiger charge is 2.26. The summed E-state index contributed by atoms with van der Waals surface area (Å²) in [7, 11) is 0. The normalized spacial score (nSPS) is 12.4. The van der Waals surface area contributed by atoms with Crippen molar-refractivity contribution in [3.63, 3.8) is 0 Å². The van der Waals surface area contributed by atoms with E-state index < -0.39 is 0 Å². The molecule has 4 aromatic heterocycles. The second kappa shape index (κ2) is 14.1. The van der Waals surface area contributed by atoms with Gasteiger partial charge in [0.25, 0.3) is 0 Å². The van der Waals surface area contributed by atoms with Crippen LogP contribution in [0.3, 0.4) is 0 Å². The Balaban J connectivity index is 1.07. The fourth-order valence-corrected chi connectivity index (χ4v) is 13.6. The molecule has 0 aliphatic heterocycles. The molecule has 0 saturated heterocycles. The topological polar surface area (TPSA) is 8.82 Å². The number of fused-ring (bicyclic) bond motifs is 16. The van der Waals surface area contributed by atoms with Gasteiger partial charge in [-0.3, -0.25) is 0 Å². The van der Waals surface area contributed by atoms with Crippen LogP contribution in [-0.4, -0.2) is 8.80 Å². The van der Waals surface area contributed by atoms with Crippen LogP contribution in [0.1, 0.15) is 0 Å². The number of benzene rings is 13. The summed E-state index contributed by atoms with van der Waals surface area (Å²) in [5.41, 5.74) is 17.5. The summed E-state index contributed by atoms with van der Waals surface area (Å²) in [5.74, 6) is 0. The van der Waals surface area contributed by atoms with Gasteiger partial charge in [-0.2, -0.15) is 0 Å². The summed E-state index contributed by atoms with van der Waals surface area (Å²) >= 11 is 0.